The SMILES string of the molecule is COc1ccccc1Nc1ncnc(Cl)c1/C=N/O. The lowest BCUT2D eigenvalue weighted by molar-refractivity contribution is 0.322. The standard InChI is InChI=1S/C12H11ClN4O2/c1-19-10-5-3-2-4-9(10)17-12-8(6-16-18)11(13)14-7-15-12/h2-7,18H,1H3,(H,14,15,17)/b16-6+. The smallest absolute Gasteiger partial charge is 0.144 e. The summed E-state index contributed by atoms with van der Waals surface area (Å²) < 4.78 is 5.23. The van der Waals surface area contributed by atoms with Gasteiger partial charge in [0.05, 0.1) is 24.6 Å². The van der Waals surface area contributed by atoms with E-state index in [2.05, 4.69) is 20.4 Å². The number of methoxy groups -OCH3 is 1. The molecule has 2 aromatic rings. The molecule has 2 N–H and O–H groups in total. The molecule has 0 saturated heterocycles. The second kappa shape index (κ2) is 6.01. The predicted molar refractivity (Wildman–Crippen MR) is 72.7 cm³/mol. The Kier molecular flexibility index (Phi) is 4.15. The van der Waals surface area contributed by atoms with Crippen LogP contribution in [0, 0.1) is 0 Å². The molecule has 0 atom stereocenters. The molecule has 1 aromatic carbocycles. The largest absolute Gasteiger partial charge is 0.495 e. The third-order valence-corrected chi connectivity index (χ3v) is 2.68. The highest BCUT2D eigenvalue weighted by Gasteiger charge is 2.10. The van der Waals surface area contributed by atoms with E-state index in [1.807, 2.05) is 24.3 Å². The van der Waals surface area contributed by atoms with Gasteiger partial charge in [-0.15, -0.1) is 0 Å². The van der Waals surface area contributed by atoms with Crippen LogP contribution in [0.25, 0.3) is 0 Å². The van der Waals surface area contributed by atoms with Crippen LogP contribution in [0.3, 0.4) is 0 Å². The summed E-state index contributed by atoms with van der Waals surface area (Å²) in [5.41, 5.74) is 1.10. The van der Waals surface area contributed by atoms with E-state index < -0.39 is 0 Å². The number of hydrogen-bond acceptors (Lipinski definition) is 6. The van der Waals surface area contributed by atoms with Crippen molar-refractivity contribution in [2.45, 2.75) is 0 Å². The molecule has 2 rings (SSSR count). The van der Waals surface area contributed by atoms with Crippen LogP contribution in [-0.2, 0) is 0 Å². The van der Waals surface area contributed by atoms with E-state index in [1.54, 1.807) is 7.11 Å². The third-order valence-electron chi connectivity index (χ3n) is 2.38. The molecule has 1 heterocycles. The lowest BCUT2D eigenvalue weighted by Crippen LogP contribution is -2.02. The van der Waals surface area contributed by atoms with Crippen molar-refractivity contribution in [2.75, 3.05) is 12.4 Å². The molecule has 0 amide bonds. The van der Waals surface area contributed by atoms with Gasteiger partial charge in [0.2, 0.25) is 0 Å². The third kappa shape index (κ3) is 2.92. The van der Waals surface area contributed by atoms with Gasteiger partial charge in [-0.25, -0.2) is 9.97 Å². The lowest BCUT2D eigenvalue weighted by Gasteiger charge is -2.11. The van der Waals surface area contributed by atoms with E-state index in [1.165, 1.54) is 12.5 Å². The van der Waals surface area contributed by atoms with Gasteiger partial charge in [0.25, 0.3) is 0 Å². The summed E-state index contributed by atoms with van der Waals surface area (Å²) >= 11 is 5.92. The highest BCUT2D eigenvalue weighted by Crippen LogP contribution is 2.28. The van der Waals surface area contributed by atoms with Crippen molar-refractivity contribution in [3.05, 3.63) is 41.3 Å². The summed E-state index contributed by atoms with van der Waals surface area (Å²) in [7, 11) is 1.57. The molecule has 19 heavy (non-hydrogen) atoms. The molecule has 0 unspecified atom stereocenters. The van der Waals surface area contributed by atoms with Crippen molar-refractivity contribution in [1.82, 2.24) is 9.97 Å². The van der Waals surface area contributed by atoms with Gasteiger partial charge in [0.15, 0.2) is 0 Å². The number of hydrogen-bond donors (Lipinski definition) is 2. The Labute approximate surface area is 114 Å². The lowest BCUT2D eigenvalue weighted by atomic mass is 10.2. The van der Waals surface area contributed by atoms with E-state index in [0.717, 1.165) is 0 Å². The van der Waals surface area contributed by atoms with Crippen molar-refractivity contribution >= 4 is 29.3 Å². The summed E-state index contributed by atoms with van der Waals surface area (Å²) in [6.45, 7) is 0. The Bertz CT molecular complexity index is 604. The van der Waals surface area contributed by atoms with Gasteiger partial charge < -0.3 is 15.3 Å². The molecule has 6 nitrogen and oxygen atoms in total. The number of halogens is 1. The van der Waals surface area contributed by atoms with E-state index in [0.29, 0.717) is 22.8 Å². The molecule has 0 bridgehead atoms. The fourth-order valence-corrected chi connectivity index (χ4v) is 1.70. The minimum absolute atomic E-state index is 0.185. The summed E-state index contributed by atoms with van der Waals surface area (Å²) in [5, 5.41) is 14.8. The zero-order valence-corrected chi connectivity index (χ0v) is 10.8. The molecule has 0 fully saturated rings. The average molecular weight is 279 g/mol. The first-order valence-electron chi connectivity index (χ1n) is 5.34. The van der Waals surface area contributed by atoms with Gasteiger partial charge >= 0.3 is 0 Å². The summed E-state index contributed by atoms with van der Waals surface area (Å²) in [4.78, 5) is 7.89. The second-order valence-electron chi connectivity index (χ2n) is 3.50. The first-order chi connectivity index (χ1) is 9.26. The zero-order chi connectivity index (χ0) is 13.7. The number of nitrogens with one attached hydrogen (secondary N) is 1. The van der Waals surface area contributed by atoms with Crippen LogP contribution in [0.4, 0.5) is 11.5 Å². The predicted octanol–water partition coefficient (Wildman–Crippen LogP) is 2.69. The molecular formula is C12H11ClN4O2. The summed E-state index contributed by atoms with van der Waals surface area (Å²) in [6, 6.07) is 7.35. The van der Waals surface area contributed by atoms with Crippen LogP contribution in [0.2, 0.25) is 5.15 Å². The molecule has 0 aliphatic heterocycles. The number of anilines is 2. The second-order valence-corrected chi connectivity index (χ2v) is 3.85. The maximum absolute atomic E-state index is 8.64. The van der Waals surface area contributed by atoms with Gasteiger partial charge in [-0.1, -0.05) is 28.9 Å². The maximum atomic E-state index is 8.64. The van der Waals surface area contributed by atoms with Gasteiger partial charge in [-0.05, 0) is 12.1 Å². The van der Waals surface area contributed by atoms with Crippen LogP contribution in [0.15, 0.2) is 35.7 Å². The molecule has 0 radical (unpaired) electrons. The molecular weight excluding hydrogens is 268 g/mol. The van der Waals surface area contributed by atoms with Gasteiger partial charge in [-0.3, -0.25) is 0 Å². The van der Waals surface area contributed by atoms with E-state index in [4.69, 9.17) is 21.5 Å². The fraction of sp³-hybridized carbons (Fsp3) is 0.0833. The number of ether oxygens (including phenoxy) is 1. The number of benzene rings is 1. The number of rotatable bonds is 4. The number of para-hydroxylation sites is 2. The number of aromatic nitrogens is 2. The summed E-state index contributed by atoms with van der Waals surface area (Å²) in [6.07, 6.45) is 2.48. The molecule has 98 valence electrons. The van der Waals surface area contributed by atoms with Crippen molar-refractivity contribution in [3.8, 4) is 5.75 Å². The highest BCUT2D eigenvalue weighted by atomic mass is 35.5. The Morgan fingerprint density at radius 2 is 2.16 bits per heavy atom. The monoisotopic (exact) mass is 278 g/mol. The minimum atomic E-state index is 0.185. The molecule has 1 aromatic heterocycles. The molecule has 0 spiro atoms. The Balaban J connectivity index is 2.41. The van der Waals surface area contributed by atoms with Crippen molar-refractivity contribution in [1.29, 1.82) is 0 Å². The number of oxime groups is 1. The van der Waals surface area contributed by atoms with Crippen LogP contribution in [0.1, 0.15) is 5.56 Å². The van der Waals surface area contributed by atoms with Crippen molar-refractivity contribution in [2.24, 2.45) is 5.16 Å². The van der Waals surface area contributed by atoms with Crippen LogP contribution in [0.5, 0.6) is 5.75 Å². The van der Waals surface area contributed by atoms with E-state index in [9.17, 15) is 0 Å². The van der Waals surface area contributed by atoms with Crippen molar-refractivity contribution in [3.63, 3.8) is 0 Å². The average Bonchev–Trinajstić information content (AvgIpc) is 2.43. The normalized spacial score (nSPS) is 10.6. The molecule has 0 saturated carbocycles. The number of nitrogens with zero attached hydrogens (tertiary/aromatic N) is 3. The van der Waals surface area contributed by atoms with Crippen LogP contribution < -0.4 is 10.1 Å². The van der Waals surface area contributed by atoms with Crippen LogP contribution in [-0.4, -0.2) is 28.5 Å². The van der Waals surface area contributed by atoms with E-state index >= 15 is 0 Å². The highest BCUT2D eigenvalue weighted by molar-refractivity contribution is 6.32. The quantitative estimate of drug-likeness (QED) is 0.389. The van der Waals surface area contributed by atoms with Gasteiger partial charge in [0, 0.05) is 0 Å². The fourth-order valence-electron chi connectivity index (χ4n) is 1.52. The van der Waals surface area contributed by atoms with Crippen molar-refractivity contribution < 1.29 is 9.94 Å². The first-order valence-corrected chi connectivity index (χ1v) is 5.72. The minimum Gasteiger partial charge on any atom is -0.495 e. The topological polar surface area (TPSA) is 79.6 Å². The maximum Gasteiger partial charge on any atom is 0.144 e. The molecule has 7 heteroatoms. The summed E-state index contributed by atoms with van der Waals surface area (Å²) in [5.74, 6) is 1.08. The first kappa shape index (κ1) is 13.1. The Morgan fingerprint density at radius 3 is 2.89 bits per heavy atom. The molecule has 0 aliphatic rings. The van der Waals surface area contributed by atoms with Gasteiger partial charge in [0.1, 0.15) is 23.0 Å². The van der Waals surface area contributed by atoms with Gasteiger partial charge in [-0.2, -0.15) is 0 Å². The Morgan fingerprint density at radius 1 is 1.37 bits per heavy atom. The van der Waals surface area contributed by atoms with E-state index in [-0.39, 0.29) is 5.15 Å². The molecule has 0 aliphatic carbocycles. The van der Waals surface area contributed by atoms with Crippen LogP contribution >= 0.6 is 11.6 Å². The zero-order valence-electron chi connectivity index (χ0n) is 10.0. The Hall–Kier alpha value is -2.34.